The van der Waals surface area contributed by atoms with Crippen LogP contribution in [0.25, 0.3) is 0 Å². The minimum Gasteiger partial charge on any atom is -0.332 e. The first-order valence-corrected chi connectivity index (χ1v) is 7.89. The number of para-hydroxylation sites is 1. The van der Waals surface area contributed by atoms with Crippen molar-refractivity contribution in [2.75, 3.05) is 0 Å². The Morgan fingerprint density at radius 2 is 1.88 bits per heavy atom. The van der Waals surface area contributed by atoms with Crippen molar-refractivity contribution in [3.63, 3.8) is 0 Å². The number of carbonyl (C=O) groups is 1. The van der Waals surface area contributed by atoms with E-state index in [1.54, 1.807) is 48.2 Å². The SMILES string of the molecule is Cc1cccc(C(=O)N(Cc2ccc(C#N)cc2)C(C)C)c1[N+](=O)[O-]. The molecule has 0 N–H and O–H groups in total. The van der Waals surface area contributed by atoms with Crippen LogP contribution in [-0.2, 0) is 6.54 Å². The predicted octanol–water partition coefficient (Wildman–Crippen LogP) is 3.83. The Hall–Kier alpha value is -3.20. The van der Waals surface area contributed by atoms with Gasteiger partial charge in [-0.05, 0) is 44.5 Å². The van der Waals surface area contributed by atoms with E-state index in [0.29, 0.717) is 17.7 Å². The number of hydrogen-bond acceptors (Lipinski definition) is 4. The van der Waals surface area contributed by atoms with Gasteiger partial charge in [0.1, 0.15) is 5.56 Å². The van der Waals surface area contributed by atoms with Gasteiger partial charge in [-0.2, -0.15) is 5.26 Å². The normalized spacial score (nSPS) is 10.4. The quantitative estimate of drug-likeness (QED) is 0.613. The summed E-state index contributed by atoms with van der Waals surface area (Å²) in [6, 6.07) is 13.6. The lowest BCUT2D eigenvalue weighted by atomic mass is 10.1. The summed E-state index contributed by atoms with van der Waals surface area (Å²) < 4.78 is 0. The molecule has 0 aromatic heterocycles. The Kier molecular flexibility index (Phi) is 5.50. The lowest BCUT2D eigenvalue weighted by Crippen LogP contribution is -2.36. The minimum absolute atomic E-state index is 0.0901. The zero-order valence-electron chi connectivity index (χ0n) is 14.4. The molecule has 0 unspecified atom stereocenters. The third-order valence-corrected chi connectivity index (χ3v) is 3.97. The Labute approximate surface area is 146 Å². The smallest absolute Gasteiger partial charge is 0.285 e. The molecule has 0 aliphatic rings. The average Bonchev–Trinajstić information content (AvgIpc) is 2.58. The van der Waals surface area contributed by atoms with E-state index in [1.807, 2.05) is 19.9 Å². The second kappa shape index (κ2) is 7.58. The molecule has 1 amide bonds. The molecule has 128 valence electrons. The number of nitro groups is 1. The van der Waals surface area contributed by atoms with E-state index in [1.165, 1.54) is 6.07 Å². The molecule has 0 aliphatic carbocycles. The number of carbonyl (C=O) groups excluding carboxylic acids is 1. The van der Waals surface area contributed by atoms with Gasteiger partial charge in [0.2, 0.25) is 0 Å². The first kappa shape index (κ1) is 18.1. The van der Waals surface area contributed by atoms with Gasteiger partial charge in [-0.1, -0.05) is 24.3 Å². The summed E-state index contributed by atoms with van der Waals surface area (Å²) in [5.74, 6) is -0.380. The van der Waals surface area contributed by atoms with Crippen molar-refractivity contribution >= 4 is 11.6 Å². The number of hydrogen-bond donors (Lipinski definition) is 0. The van der Waals surface area contributed by atoms with E-state index < -0.39 is 4.92 Å². The molecule has 0 spiro atoms. The summed E-state index contributed by atoms with van der Waals surface area (Å²) in [5.41, 5.74) is 1.79. The standard InChI is InChI=1S/C19H19N3O3/c1-13(2)21(12-16-9-7-15(11-20)8-10-16)19(23)17-6-4-5-14(3)18(17)22(24)25/h4-10,13H,12H2,1-3H3. The fourth-order valence-corrected chi connectivity index (χ4v) is 2.60. The van der Waals surface area contributed by atoms with Gasteiger partial charge < -0.3 is 4.90 Å². The molecule has 0 aliphatic heterocycles. The fourth-order valence-electron chi connectivity index (χ4n) is 2.60. The third-order valence-electron chi connectivity index (χ3n) is 3.97. The highest BCUT2D eigenvalue weighted by atomic mass is 16.6. The van der Waals surface area contributed by atoms with Crippen molar-refractivity contribution in [1.82, 2.24) is 4.90 Å². The van der Waals surface area contributed by atoms with Gasteiger partial charge in [0, 0.05) is 18.2 Å². The van der Waals surface area contributed by atoms with Gasteiger partial charge in [0.25, 0.3) is 11.6 Å². The van der Waals surface area contributed by atoms with E-state index in [-0.39, 0.29) is 23.2 Å². The van der Waals surface area contributed by atoms with Gasteiger partial charge in [-0.15, -0.1) is 0 Å². The molecular formula is C19H19N3O3. The average molecular weight is 337 g/mol. The lowest BCUT2D eigenvalue weighted by molar-refractivity contribution is -0.385. The zero-order valence-corrected chi connectivity index (χ0v) is 14.4. The number of amides is 1. The molecule has 2 aromatic rings. The van der Waals surface area contributed by atoms with Crippen LogP contribution in [0.4, 0.5) is 5.69 Å². The van der Waals surface area contributed by atoms with Gasteiger partial charge in [-0.3, -0.25) is 14.9 Å². The number of rotatable bonds is 5. The number of aryl methyl sites for hydroxylation is 1. The predicted molar refractivity (Wildman–Crippen MR) is 94.0 cm³/mol. The van der Waals surface area contributed by atoms with Crippen LogP contribution >= 0.6 is 0 Å². The first-order chi connectivity index (χ1) is 11.8. The van der Waals surface area contributed by atoms with Crippen molar-refractivity contribution in [2.24, 2.45) is 0 Å². The molecule has 0 saturated heterocycles. The number of nitrogens with zero attached hydrogens (tertiary/aromatic N) is 3. The van der Waals surface area contributed by atoms with E-state index in [4.69, 9.17) is 5.26 Å². The Bertz CT molecular complexity index is 836. The summed E-state index contributed by atoms with van der Waals surface area (Å²) in [6.45, 7) is 5.66. The van der Waals surface area contributed by atoms with Crippen LogP contribution in [0.3, 0.4) is 0 Å². The molecule has 0 atom stereocenters. The van der Waals surface area contributed by atoms with Crippen molar-refractivity contribution in [2.45, 2.75) is 33.4 Å². The molecule has 6 heteroatoms. The number of nitriles is 1. The highest BCUT2D eigenvalue weighted by Gasteiger charge is 2.27. The maximum atomic E-state index is 13.0. The van der Waals surface area contributed by atoms with E-state index >= 15 is 0 Å². The lowest BCUT2D eigenvalue weighted by Gasteiger charge is -2.27. The summed E-state index contributed by atoms with van der Waals surface area (Å²) in [4.78, 5) is 25.4. The first-order valence-electron chi connectivity index (χ1n) is 7.89. The monoisotopic (exact) mass is 337 g/mol. The second-order valence-corrected chi connectivity index (χ2v) is 6.06. The maximum Gasteiger partial charge on any atom is 0.285 e. The molecule has 2 aromatic carbocycles. The zero-order chi connectivity index (χ0) is 18.6. The minimum atomic E-state index is -0.511. The van der Waals surface area contributed by atoms with Crippen LogP contribution in [0.15, 0.2) is 42.5 Å². The summed E-state index contributed by atoms with van der Waals surface area (Å²) in [5, 5.41) is 20.2. The summed E-state index contributed by atoms with van der Waals surface area (Å²) in [7, 11) is 0. The molecule has 0 heterocycles. The van der Waals surface area contributed by atoms with Crippen molar-refractivity contribution in [1.29, 1.82) is 5.26 Å². The van der Waals surface area contributed by atoms with Crippen LogP contribution in [0.5, 0.6) is 0 Å². The molecule has 0 radical (unpaired) electrons. The van der Waals surface area contributed by atoms with Crippen molar-refractivity contribution in [3.05, 3.63) is 74.8 Å². The van der Waals surface area contributed by atoms with Gasteiger partial charge in [0.15, 0.2) is 0 Å². The van der Waals surface area contributed by atoms with Gasteiger partial charge in [-0.25, -0.2) is 0 Å². The summed E-state index contributed by atoms with van der Waals surface area (Å²) >= 11 is 0. The topological polar surface area (TPSA) is 87.2 Å². The highest BCUT2D eigenvalue weighted by molar-refractivity contribution is 5.98. The Morgan fingerprint density at radius 3 is 2.40 bits per heavy atom. The molecule has 0 saturated carbocycles. The maximum absolute atomic E-state index is 13.0. The summed E-state index contributed by atoms with van der Waals surface area (Å²) in [6.07, 6.45) is 0. The number of nitro benzene ring substituents is 1. The molecule has 25 heavy (non-hydrogen) atoms. The van der Waals surface area contributed by atoms with Gasteiger partial charge >= 0.3 is 0 Å². The number of benzene rings is 2. The van der Waals surface area contributed by atoms with Crippen LogP contribution in [0.2, 0.25) is 0 Å². The third kappa shape index (κ3) is 4.01. The molecule has 0 bridgehead atoms. The molecule has 2 rings (SSSR count). The highest BCUT2D eigenvalue weighted by Crippen LogP contribution is 2.25. The van der Waals surface area contributed by atoms with Crippen LogP contribution in [0.1, 0.15) is 40.9 Å². The second-order valence-electron chi connectivity index (χ2n) is 6.06. The van der Waals surface area contributed by atoms with Gasteiger partial charge in [0.05, 0.1) is 16.6 Å². The molecule has 0 fully saturated rings. The van der Waals surface area contributed by atoms with E-state index in [0.717, 1.165) is 5.56 Å². The van der Waals surface area contributed by atoms with Crippen LogP contribution in [0, 0.1) is 28.4 Å². The molecular weight excluding hydrogens is 318 g/mol. The fraction of sp³-hybridized carbons (Fsp3) is 0.263. The van der Waals surface area contributed by atoms with E-state index in [9.17, 15) is 14.9 Å². The van der Waals surface area contributed by atoms with Crippen LogP contribution < -0.4 is 0 Å². The Morgan fingerprint density at radius 1 is 1.24 bits per heavy atom. The van der Waals surface area contributed by atoms with E-state index in [2.05, 4.69) is 0 Å². The largest absolute Gasteiger partial charge is 0.332 e. The van der Waals surface area contributed by atoms with Crippen LogP contribution in [-0.4, -0.2) is 21.8 Å². The van der Waals surface area contributed by atoms with Crippen molar-refractivity contribution in [3.8, 4) is 6.07 Å². The van der Waals surface area contributed by atoms with Crippen molar-refractivity contribution < 1.29 is 9.72 Å². The molecule has 6 nitrogen and oxygen atoms in total. The Balaban J connectivity index is 2.37.